The minimum Gasteiger partial charge on any atom is -0.294 e. The molecule has 15 heavy (non-hydrogen) atoms. The Bertz CT molecular complexity index is 324. The molecule has 0 aromatic carbocycles. The van der Waals surface area contributed by atoms with E-state index in [4.69, 9.17) is 0 Å². The second-order valence-electron chi connectivity index (χ2n) is 3.33. The van der Waals surface area contributed by atoms with Crippen molar-refractivity contribution in [3.63, 3.8) is 0 Å². The minimum absolute atomic E-state index is 0.156. The van der Waals surface area contributed by atoms with Crippen LogP contribution in [0.2, 0.25) is 0 Å². The Hall–Kier alpha value is -0.960. The Morgan fingerprint density at radius 2 is 2.20 bits per heavy atom. The van der Waals surface area contributed by atoms with Gasteiger partial charge in [0.15, 0.2) is 5.78 Å². The molecule has 1 unspecified atom stereocenters. The van der Waals surface area contributed by atoms with Crippen LogP contribution >= 0.6 is 15.9 Å². The summed E-state index contributed by atoms with van der Waals surface area (Å²) in [5, 5.41) is 0. The molecule has 1 atom stereocenters. The first-order valence-corrected chi connectivity index (χ1v) is 5.83. The Labute approximate surface area is 98.5 Å². The maximum atomic E-state index is 11.7. The van der Waals surface area contributed by atoms with E-state index in [0.29, 0.717) is 6.42 Å². The van der Waals surface area contributed by atoms with Crippen molar-refractivity contribution in [3.8, 4) is 0 Å². The van der Waals surface area contributed by atoms with Gasteiger partial charge in [0.1, 0.15) is 0 Å². The molecule has 0 amide bonds. The zero-order valence-electron chi connectivity index (χ0n) is 8.53. The van der Waals surface area contributed by atoms with E-state index in [-0.39, 0.29) is 10.6 Å². The summed E-state index contributed by atoms with van der Waals surface area (Å²) in [5.74, 6) is 0.156. The lowest BCUT2D eigenvalue weighted by molar-refractivity contribution is 0.0982. The maximum absolute atomic E-state index is 11.7. The smallest absolute Gasteiger partial charge is 0.164 e. The Morgan fingerprint density at radius 3 is 2.80 bits per heavy atom. The number of carbonyl (C=O) groups is 1. The van der Waals surface area contributed by atoms with E-state index < -0.39 is 0 Å². The molecular formula is C12H14BrNO. The summed E-state index contributed by atoms with van der Waals surface area (Å²) in [7, 11) is 0. The quantitative estimate of drug-likeness (QED) is 0.449. The normalized spacial score (nSPS) is 12.1. The zero-order valence-corrected chi connectivity index (χ0v) is 10.1. The van der Waals surface area contributed by atoms with E-state index >= 15 is 0 Å². The molecule has 80 valence electrons. The van der Waals surface area contributed by atoms with Gasteiger partial charge in [-0.15, -0.1) is 6.58 Å². The van der Waals surface area contributed by atoms with Crippen LogP contribution < -0.4 is 0 Å². The fourth-order valence-electron chi connectivity index (χ4n) is 1.26. The van der Waals surface area contributed by atoms with Crippen molar-refractivity contribution >= 4 is 21.7 Å². The van der Waals surface area contributed by atoms with E-state index in [1.54, 1.807) is 24.5 Å². The molecule has 0 aliphatic rings. The summed E-state index contributed by atoms with van der Waals surface area (Å²) in [6.45, 7) is 3.66. The van der Waals surface area contributed by atoms with Crippen LogP contribution in [0.15, 0.2) is 37.2 Å². The standard InChI is InChI=1S/C12H14BrNO/c1-2-3-4-11(13)9-12(15)10-5-7-14-8-6-10/h2,5-8,11H,1,3-4,9H2. The van der Waals surface area contributed by atoms with Gasteiger partial charge in [0, 0.05) is 29.2 Å². The number of Topliss-reactive ketones (excluding diaryl/α,β-unsaturated/α-hetero) is 1. The fourth-order valence-corrected chi connectivity index (χ4v) is 1.82. The van der Waals surface area contributed by atoms with Crippen molar-refractivity contribution in [1.82, 2.24) is 4.98 Å². The first kappa shape index (κ1) is 12.1. The minimum atomic E-state index is 0.156. The monoisotopic (exact) mass is 267 g/mol. The zero-order chi connectivity index (χ0) is 11.1. The highest BCUT2D eigenvalue weighted by Gasteiger charge is 2.11. The van der Waals surface area contributed by atoms with Gasteiger partial charge in [-0.2, -0.15) is 0 Å². The number of allylic oxidation sites excluding steroid dienone is 1. The van der Waals surface area contributed by atoms with Crippen molar-refractivity contribution in [1.29, 1.82) is 0 Å². The summed E-state index contributed by atoms with van der Waals surface area (Å²) in [6.07, 6.45) is 7.54. The van der Waals surface area contributed by atoms with Crippen molar-refractivity contribution in [3.05, 3.63) is 42.7 Å². The number of hydrogen-bond acceptors (Lipinski definition) is 2. The molecule has 3 heteroatoms. The Morgan fingerprint density at radius 1 is 1.53 bits per heavy atom. The van der Waals surface area contributed by atoms with Crippen molar-refractivity contribution in [2.45, 2.75) is 24.1 Å². The van der Waals surface area contributed by atoms with Crippen LogP contribution in [0.4, 0.5) is 0 Å². The highest BCUT2D eigenvalue weighted by atomic mass is 79.9. The lowest BCUT2D eigenvalue weighted by atomic mass is 10.1. The molecule has 2 nitrogen and oxygen atoms in total. The number of alkyl halides is 1. The van der Waals surface area contributed by atoms with Gasteiger partial charge >= 0.3 is 0 Å². The third-order valence-corrected chi connectivity index (χ3v) is 2.87. The van der Waals surface area contributed by atoms with Crippen LogP contribution in [0.1, 0.15) is 29.6 Å². The van der Waals surface area contributed by atoms with Crippen molar-refractivity contribution in [2.75, 3.05) is 0 Å². The topological polar surface area (TPSA) is 30.0 Å². The van der Waals surface area contributed by atoms with Crippen molar-refractivity contribution in [2.24, 2.45) is 0 Å². The number of ketones is 1. The highest BCUT2D eigenvalue weighted by Crippen LogP contribution is 2.15. The first-order valence-electron chi connectivity index (χ1n) is 4.92. The lowest BCUT2D eigenvalue weighted by Gasteiger charge is -2.06. The van der Waals surface area contributed by atoms with E-state index in [0.717, 1.165) is 18.4 Å². The molecule has 0 saturated heterocycles. The number of aromatic nitrogens is 1. The highest BCUT2D eigenvalue weighted by molar-refractivity contribution is 9.09. The van der Waals surface area contributed by atoms with Gasteiger partial charge in [0.05, 0.1) is 0 Å². The van der Waals surface area contributed by atoms with Gasteiger partial charge in [0.25, 0.3) is 0 Å². The molecule has 0 saturated carbocycles. The molecule has 0 spiro atoms. The van der Waals surface area contributed by atoms with E-state index in [9.17, 15) is 4.79 Å². The lowest BCUT2D eigenvalue weighted by Crippen LogP contribution is -2.07. The summed E-state index contributed by atoms with van der Waals surface area (Å²) in [5.41, 5.74) is 0.730. The molecular weight excluding hydrogens is 254 g/mol. The number of rotatable bonds is 6. The number of nitrogens with zero attached hydrogens (tertiary/aromatic N) is 1. The summed E-state index contributed by atoms with van der Waals surface area (Å²) in [4.78, 5) is 15.8. The Balaban J connectivity index is 2.45. The number of pyridine rings is 1. The maximum Gasteiger partial charge on any atom is 0.164 e. The van der Waals surface area contributed by atoms with Crippen LogP contribution in [0, 0.1) is 0 Å². The summed E-state index contributed by atoms with van der Waals surface area (Å²) >= 11 is 3.49. The SMILES string of the molecule is C=CCCC(Br)CC(=O)c1ccncc1. The molecule has 0 radical (unpaired) electrons. The summed E-state index contributed by atoms with van der Waals surface area (Å²) in [6, 6.07) is 3.49. The first-order chi connectivity index (χ1) is 7.24. The molecule has 0 aliphatic heterocycles. The second kappa shape index (κ2) is 6.51. The van der Waals surface area contributed by atoms with Gasteiger partial charge in [-0.3, -0.25) is 9.78 Å². The average molecular weight is 268 g/mol. The Kier molecular flexibility index (Phi) is 5.26. The average Bonchev–Trinajstić information content (AvgIpc) is 2.27. The van der Waals surface area contributed by atoms with Crippen LogP contribution in [-0.2, 0) is 0 Å². The molecule has 1 aromatic heterocycles. The molecule has 1 heterocycles. The van der Waals surface area contributed by atoms with Crippen LogP contribution in [0.5, 0.6) is 0 Å². The van der Waals surface area contributed by atoms with Crippen LogP contribution in [0.25, 0.3) is 0 Å². The molecule has 0 bridgehead atoms. The van der Waals surface area contributed by atoms with Gasteiger partial charge in [-0.05, 0) is 25.0 Å². The van der Waals surface area contributed by atoms with Crippen LogP contribution in [0.3, 0.4) is 0 Å². The van der Waals surface area contributed by atoms with Gasteiger partial charge in [0.2, 0.25) is 0 Å². The van der Waals surface area contributed by atoms with E-state index in [1.165, 1.54) is 0 Å². The van der Waals surface area contributed by atoms with E-state index in [2.05, 4.69) is 27.5 Å². The fraction of sp³-hybridized carbons (Fsp3) is 0.333. The predicted molar refractivity (Wildman–Crippen MR) is 65.3 cm³/mol. The largest absolute Gasteiger partial charge is 0.294 e. The van der Waals surface area contributed by atoms with Gasteiger partial charge < -0.3 is 0 Å². The van der Waals surface area contributed by atoms with Gasteiger partial charge in [-0.25, -0.2) is 0 Å². The third kappa shape index (κ3) is 4.38. The van der Waals surface area contributed by atoms with Gasteiger partial charge in [-0.1, -0.05) is 22.0 Å². The number of halogens is 1. The molecule has 0 N–H and O–H groups in total. The van der Waals surface area contributed by atoms with Crippen molar-refractivity contribution < 1.29 is 4.79 Å². The van der Waals surface area contributed by atoms with E-state index in [1.807, 2.05) is 6.08 Å². The molecule has 0 fully saturated rings. The predicted octanol–water partition coefficient (Wildman–Crippen LogP) is 3.38. The third-order valence-electron chi connectivity index (χ3n) is 2.09. The van der Waals surface area contributed by atoms with Crippen LogP contribution in [-0.4, -0.2) is 15.6 Å². The second-order valence-corrected chi connectivity index (χ2v) is 4.62. The molecule has 0 aliphatic carbocycles. The molecule has 1 aromatic rings. The number of hydrogen-bond donors (Lipinski definition) is 0. The number of carbonyl (C=O) groups excluding carboxylic acids is 1. The summed E-state index contributed by atoms with van der Waals surface area (Å²) < 4.78 is 0. The molecule has 1 rings (SSSR count).